The average molecular weight is 323 g/mol. The van der Waals surface area contributed by atoms with Crippen LogP contribution in [-0.4, -0.2) is 27.1 Å². The van der Waals surface area contributed by atoms with E-state index < -0.39 is 11.9 Å². The van der Waals surface area contributed by atoms with Gasteiger partial charge < -0.3 is 10.2 Å². The van der Waals surface area contributed by atoms with Crippen molar-refractivity contribution in [1.82, 2.24) is 4.98 Å². The van der Waals surface area contributed by atoms with Gasteiger partial charge in [-0.1, -0.05) is 23.9 Å². The Morgan fingerprint density at radius 3 is 2.76 bits per heavy atom. The van der Waals surface area contributed by atoms with Gasteiger partial charge >= 0.3 is 11.9 Å². The Morgan fingerprint density at radius 2 is 2.10 bits per heavy atom. The minimum atomic E-state index is -0.948. The van der Waals surface area contributed by atoms with Crippen LogP contribution in [0.3, 0.4) is 0 Å². The van der Waals surface area contributed by atoms with Crippen molar-refractivity contribution >= 4 is 35.0 Å². The molecule has 0 fully saturated rings. The van der Waals surface area contributed by atoms with Gasteiger partial charge in [0.1, 0.15) is 0 Å². The van der Waals surface area contributed by atoms with Crippen molar-refractivity contribution < 1.29 is 19.8 Å². The summed E-state index contributed by atoms with van der Waals surface area (Å²) >= 11 is 2.85. The Morgan fingerprint density at radius 1 is 1.33 bits per heavy atom. The van der Waals surface area contributed by atoms with Crippen molar-refractivity contribution in [3.63, 3.8) is 0 Å². The molecule has 2 rings (SSSR count). The highest BCUT2D eigenvalue weighted by Gasteiger charge is 2.11. The maximum Gasteiger partial charge on any atom is 0.335 e. The molecule has 0 bridgehead atoms. The minimum absolute atomic E-state index is 0.0153. The van der Waals surface area contributed by atoms with Crippen molar-refractivity contribution in [1.29, 1.82) is 0 Å². The Hall–Kier alpha value is -1.86. The van der Waals surface area contributed by atoms with Gasteiger partial charge in [0, 0.05) is 10.6 Å². The van der Waals surface area contributed by atoms with Gasteiger partial charge in [0.25, 0.3) is 0 Å². The smallest absolute Gasteiger partial charge is 0.335 e. The first-order chi connectivity index (χ1) is 9.95. The SMILES string of the molecule is Cc1nc(SCc2cccc(C(=O)O)c2)sc1CC(=O)O. The molecule has 0 saturated carbocycles. The molecule has 1 aromatic carbocycles. The van der Waals surface area contributed by atoms with Crippen molar-refractivity contribution in [2.75, 3.05) is 0 Å². The Balaban J connectivity index is 2.04. The number of carbonyl (C=O) groups is 2. The molecule has 0 aliphatic heterocycles. The van der Waals surface area contributed by atoms with Crippen molar-refractivity contribution in [2.45, 2.75) is 23.4 Å². The zero-order valence-corrected chi connectivity index (χ0v) is 12.8. The third-order valence-corrected chi connectivity index (χ3v) is 5.09. The van der Waals surface area contributed by atoms with Crippen molar-refractivity contribution in [3.8, 4) is 0 Å². The summed E-state index contributed by atoms with van der Waals surface area (Å²) < 4.78 is 0.796. The van der Waals surface area contributed by atoms with Gasteiger partial charge in [-0.15, -0.1) is 11.3 Å². The molecule has 2 aromatic rings. The lowest BCUT2D eigenvalue weighted by Gasteiger charge is -2.00. The topological polar surface area (TPSA) is 87.5 Å². The van der Waals surface area contributed by atoms with Crippen LogP contribution in [0.4, 0.5) is 0 Å². The number of nitrogens with zero attached hydrogens (tertiary/aromatic N) is 1. The predicted octanol–water partition coefficient (Wildman–Crippen LogP) is 3.07. The van der Waals surface area contributed by atoms with E-state index in [1.54, 1.807) is 25.1 Å². The first-order valence-electron chi connectivity index (χ1n) is 6.09. The zero-order chi connectivity index (χ0) is 15.4. The number of aliphatic carboxylic acids is 1. The van der Waals surface area contributed by atoms with Gasteiger partial charge in [-0.25, -0.2) is 9.78 Å². The highest BCUT2D eigenvalue weighted by Crippen LogP contribution is 2.30. The van der Waals surface area contributed by atoms with Gasteiger partial charge in [0.05, 0.1) is 17.7 Å². The third kappa shape index (κ3) is 4.30. The monoisotopic (exact) mass is 323 g/mol. The second-order valence-electron chi connectivity index (χ2n) is 4.35. The number of aromatic nitrogens is 1. The predicted molar refractivity (Wildman–Crippen MR) is 81.2 cm³/mol. The Labute approximate surface area is 129 Å². The fourth-order valence-corrected chi connectivity index (χ4v) is 3.87. The van der Waals surface area contributed by atoms with E-state index in [0.717, 1.165) is 20.5 Å². The van der Waals surface area contributed by atoms with Crippen LogP contribution >= 0.6 is 23.1 Å². The zero-order valence-electron chi connectivity index (χ0n) is 11.2. The second kappa shape index (κ2) is 6.73. The molecule has 0 spiro atoms. The van der Waals surface area contributed by atoms with E-state index >= 15 is 0 Å². The molecule has 110 valence electrons. The highest BCUT2D eigenvalue weighted by molar-refractivity contribution is 8.00. The molecule has 2 N–H and O–H groups in total. The number of hydrogen-bond acceptors (Lipinski definition) is 5. The third-order valence-electron chi connectivity index (χ3n) is 2.72. The van der Waals surface area contributed by atoms with Crippen LogP contribution in [0.5, 0.6) is 0 Å². The van der Waals surface area contributed by atoms with Crippen LogP contribution < -0.4 is 0 Å². The number of hydrogen-bond donors (Lipinski definition) is 2. The number of thiazole rings is 1. The molecular weight excluding hydrogens is 310 g/mol. The van der Waals surface area contributed by atoms with E-state index in [9.17, 15) is 9.59 Å². The normalized spacial score (nSPS) is 10.5. The van der Waals surface area contributed by atoms with Gasteiger partial charge in [-0.2, -0.15) is 0 Å². The molecule has 0 saturated heterocycles. The summed E-state index contributed by atoms with van der Waals surface area (Å²) in [5.74, 6) is -1.22. The largest absolute Gasteiger partial charge is 0.481 e. The maximum absolute atomic E-state index is 10.9. The molecule has 21 heavy (non-hydrogen) atoms. The average Bonchev–Trinajstić information content (AvgIpc) is 2.76. The summed E-state index contributed by atoms with van der Waals surface area (Å²) in [5, 5.41) is 17.8. The van der Waals surface area contributed by atoms with Gasteiger partial charge in [0.2, 0.25) is 0 Å². The summed E-state index contributed by atoms with van der Waals surface area (Å²) in [6, 6.07) is 6.75. The molecule has 0 radical (unpaired) electrons. The number of aromatic carboxylic acids is 1. The van der Waals surface area contributed by atoms with Crippen molar-refractivity contribution in [2.24, 2.45) is 0 Å². The van der Waals surface area contributed by atoms with Crippen LogP contribution in [0.25, 0.3) is 0 Å². The molecule has 0 atom stereocenters. The molecule has 0 aliphatic carbocycles. The minimum Gasteiger partial charge on any atom is -0.481 e. The summed E-state index contributed by atoms with van der Waals surface area (Å²) in [4.78, 5) is 26.7. The van der Waals surface area contributed by atoms with E-state index in [-0.39, 0.29) is 12.0 Å². The molecule has 0 aliphatic rings. The number of benzene rings is 1. The summed E-state index contributed by atoms with van der Waals surface area (Å²) in [5.41, 5.74) is 1.90. The van der Waals surface area contributed by atoms with E-state index in [0.29, 0.717) is 5.75 Å². The second-order valence-corrected chi connectivity index (χ2v) is 6.66. The molecule has 0 amide bonds. The molecule has 1 aromatic heterocycles. The number of aryl methyl sites for hydroxylation is 1. The fourth-order valence-electron chi connectivity index (χ4n) is 1.70. The number of thioether (sulfide) groups is 1. The van der Waals surface area contributed by atoms with Crippen LogP contribution in [-0.2, 0) is 17.0 Å². The molecule has 0 unspecified atom stereocenters. The van der Waals surface area contributed by atoms with E-state index in [2.05, 4.69) is 4.98 Å². The fraction of sp³-hybridized carbons (Fsp3) is 0.214. The molecule has 5 nitrogen and oxygen atoms in total. The van der Waals surface area contributed by atoms with E-state index in [4.69, 9.17) is 10.2 Å². The summed E-state index contributed by atoms with van der Waals surface area (Å²) in [6.07, 6.45) is -0.0153. The van der Waals surface area contributed by atoms with Crippen LogP contribution in [0.1, 0.15) is 26.5 Å². The number of carboxylic acid groups (broad SMARTS) is 2. The first kappa shape index (κ1) is 15.5. The quantitative estimate of drug-likeness (QED) is 0.794. The number of rotatable bonds is 6. The lowest BCUT2D eigenvalue weighted by atomic mass is 10.1. The van der Waals surface area contributed by atoms with Crippen LogP contribution in [0.15, 0.2) is 28.6 Å². The Bertz CT molecular complexity index is 681. The molecule has 1 heterocycles. The molecular formula is C14H13NO4S2. The maximum atomic E-state index is 10.9. The highest BCUT2D eigenvalue weighted by atomic mass is 32.2. The summed E-state index contributed by atoms with van der Waals surface area (Å²) in [6.45, 7) is 1.80. The lowest BCUT2D eigenvalue weighted by molar-refractivity contribution is -0.136. The van der Waals surface area contributed by atoms with E-state index in [1.807, 2.05) is 6.07 Å². The standard InChI is InChI=1S/C14H13NO4S2/c1-8-11(6-12(16)17)21-14(15-8)20-7-9-3-2-4-10(5-9)13(18)19/h2-5H,6-7H2,1H3,(H,16,17)(H,18,19). The van der Waals surface area contributed by atoms with Crippen LogP contribution in [0, 0.1) is 6.92 Å². The summed E-state index contributed by atoms with van der Waals surface area (Å²) in [7, 11) is 0. The van der Waals surface area contributed by atoms with Gasteiger partial charge in [-0.05, 0) is 24.6 Å². The Kier molecular flexibility index (Phi) is 4.98. The lowest BCUT2D eigenvalue weighted by Crippen LogP contribution is -1.99. The number of carboxylic acids is 2. The molecule has 7 heteroatoms. The first-order valence-corrected chi connectivity index (χ1v) is 7.89. The van der Waals surface area contributed by atoms with Crippen LogP contribution in [0.2, 0.25) is 0 Å². The van der Waals surface area contributed by atoms with Gasteiger partial charge in [-0.3, -0.25) is 4.79 Å². The van der Waals surface area contributed by atoms with Crippen molar-refractivity contribution in [3.05, 3.63) is 46.0 Å². The van der Waals surface area contributed by atoms with Gasteiger partial charge in [0.15, 0.2) is 4.34 Å². The van der Waals surface area contributed by atoms with E-state index in [1.165, 1.54) is 23.1 Å².